The molecule has 0 saturated carbocycles. The molecule has 0 heterocycles. The highest BCUT2D eigenvalue weighted by molar-refractivity contribution is 14.0. The average Bonchev–Trinajstić information content (AvgIpc) is 2.60. The summed E-state index contributed by atoms with van der Waals surface area (Å²) in [7, 11) is 1.55. The molecule has 0 bridgehead atoms. The van der Waals surface area contributed by atoms with Crippen molar-refractivity contribution in [1.29, 1.82) is 0 Å². The second kappa shape index (κ2) is 10.2. The zero-order valence-electron chi connectivity index (χ0n) is 14.2. The third-order valence-corrected chi connectivity index (χ3v) is 3.30. The van der Waals surface area contributed by atoms with Crippen molar-refractivity contribution >= 4 is 35.6 Å². The van der Waals surface area contributed by atoms with E-state index in [1.54, 1.807) is 31.4 Å². The summed E-state index contributed by atoms with van der Waals surface area (Å²) in [5.74, 6) is 0.346. The predicted octanol–water partition coefficient (Wildman–Crippen LogP) is 3.67. The summed E-state index contributed by atoms with van der Waals surface area (Å²) in [5, 5.41) is 12.8. The number of benzene rings is 2. The average molecular weight is 497 g/mol. The molecule has 0 aliphatic heterocycles. The molecule has 0 amide bonds. The molecule has 6 nitrogen and oxygen atoms in total. The first-order valence-corrected chi connectivity index (χ1v) is 7.51. The number of nitrogens with two attached hydrogens (primary N) is 1. The van der Waals surface area contributed by atoms with Crippen molar-refractivity contribution in [1.82, 2.24) is 0 Å². The number of ether oxygens (including phenoxy) is 2. The SMILES string of the molecule is COc1ccc(C(O)CN=C(N)Nc2ccc(OC(F)(F)F)cc2)cc1.I. The second-order valence-electron chi connectivity index (χ2n) is 5.21. The molecule has 0 fully saturated rings. The van der Waals surface area contributed by atoms with Crippen molar-refractivity contribution in [3.8, 4) is 11.5 Å². The predicted molar refractivity (Wildman–Crippen MR) is 107 cm³/mol. The Morgan fingerprint density at radius 1 is 1.11 bits per heavy atom. The Morgan fingerprint density at radius 2 is 1.67 bits per heavy atom. The lowest BCUT2D eigenvalue weighted by Gasteiger charge is -2.11. The number of nitrogens with one attached hydrogen (secondary N) is 1. The van der Waals surface area contributed by atoms with E-state index < -0.39 is 12.5 Å². The minimum absolute atomic E-state index is 0. The largest absolute Gasteiger partial charge is 0.573 e. The molecule has 2 aromatic rings. The van der Waals surface area contributed by atoms with Gasteiger partial charge in [-0.05, 0) is 42.0 Å². The Balaban J connectivity index is 0.00000364. The van der Waals surface area contributed by atoms with Crippen molar-refractivity contribution in [2.45, 2.75) is 12.5 Å². The number of aliphatic hydroxyl groups is 1. The van der Waals surface area contributed by atoms with E-state index in [2.05, 4.69) is 15.0 Å². The number of methoxy groups -OCH3 is 1. The summed E-state index contributed by atoms with van der Waals surface area (Å²) in [6.07, 6.45) is -5.60. The van der Waals surface area contributed by atoms with E-state index in [4.69, 9.17) is 10.5 Å². The van der Waals surface area contributed by atoms with Crippen LogP contribution in [-0.2, 0) is 0 Å². The van der Waals surface area contributed by atoms with E-state index >= 15 is 0 Å². The van der Waals surface area contributed by atoms with E-state index in [0.29, 0.717) is 17.0 Å². The van der Waals surface area contributed by atoms with Gasteiger partial charge in [0.2, 0.25) is 0 Å². The van der Waals surface area contributed by atoms with Gasteiger partial charge in [0.05, 0.1) is 19.8 Å². The Bertz CT molecular complexity index is 738. The number of hydrogen-bond donors (Lipinski definition) is 3. The topological polar surface area (TPSA) is 89.1 Å². The molecule has 1 unspecified atom stereocenters. The molecule has 2 rings (SSSR count). The smallest absolute Gasteiger partial charge is 0.497 e. The third-order valence-electron chi connectivity index (χ3n) is 3.30. The number of aliphatic imine (C=N–C) groups is 1. The number of aliphatic hydroxyl groups excluding tert-OH is 1. The minimum Gasteiger partial charge on any atom is -0.497 e. The fourth-order valence-electron chi connectivity index (χ4n) is 2.04. The Kier molecular flexibility index (Phi) is 8.63. The minimum atomic E-state index is -4.74. The van der Waals surface area contributed by atoms with Crippen LogP contribution in [0.3, 0.4) is 0 Å². The lowest BCUT2D eigenvalue weighted by atomic mass is 10.1. The van der Waals surface area contributed by atoms with Crippen LogP contribution in [0.15, 0.2) is 53.5 Å². The van der Waals surface area contributed by atoms with Crippen molar-refractivity contribution in [3.63, 3.8) is 0 Å². The monoisotopic (exact) mass is 497 g/mol. The van der Waals surface area contributed by atoms with Gasteiger partial charge in [0, 0.05) is 5.69 Å². The summed E-state index contributed by atoms with van der Waals surface area (Å²) in [6, 6.07) is 11.9. The number of hydrogen-bond acceptors (Lipinski definition) is 4. The van der Waals surface area contributed by atoms with E-state index in [9.17, 15) is 18.3 Å². The molecule has 148 valence electrons. The van der Waals surface area contributed by atoms with Crippen LogP contribution in [0.2, 0.25) is 0 Å². The lowest BCUT2D eigenvalue weighted by Crippen LogP contribution is -2.23. The van der Waals surface area contributed by atoms with Gasteiger partial charge in [-0.15, -0.1) is 37.1 Å². The molecule has 0 spiro atoms. The number of alkyl halides is 3. The van der Waals surface area contributed by atoms with Gasteiger partial charge in [0.1, 0.15) is 11.5 Å². The van der Waals surface area contributed by atoms with Crippen molar-refractivity contribution in [3.05, 3.63) is 54.1 Å². The number of guanidine groups is 1. The van der Waals surface area contributed by atoms with Crippen LogP contribution < -0.4 is 20.5 Å². The molecule has 0 aromatic heterocycles. The summed E-state index contributed by atoms with van der Waals surface area (Å²) in [6.45, 7) is 0.0143. The quantitative estimate of drug-likeness (QED) is 0.322. The Morgan fingerprint density at radius 3 is 2.19 bits per heavy atom. The van der Waals surface area contributed by atoms with Crippen LogP contribution in [-0.4, -0.2) is 31.1 Å². The molecule has 0 aliphatic carbocycles. The molecule has 0 radical (unpaired) electrons. The molecule has 4 N–H and O–H groups in total. The molecular weight excluding hydrogens is 478 g/mol. The van der Waals surface area contributed by atoms with Gasteiger partial charge in [0.15, 0.2) is 5.96 Å². The molecule has 0 aliphatic rings. The lowest BCUT2D eigenvalue weighted by molar-refractivity contribution is -0.274. The second-order valence-corrected chi connectivity index (χ2v) is 5.21. The van der Waals surface area contributed by atoms with Gasteiger partial charge in [0.25, 0.3) is 0 Å². The maximum absolute atomic E-state index is 12.1. The van der Waals surface area contributed by atoms with Crippen LogP contribution in [0.1, 0.15) is 11.7 Å². The van der Waals surface area contributed by atoms with Crippen LogP contribution in [0, 0.1) is 0 Å². The molecule has 0 saturated heterocycles. The van der Waals surface area contributed by atoms with Crippen LogP contribution >= 0.6 is 24.0 Å². The van der Waals surface area contributed by atoms with Crippen LogP contribution in [0.5, 0.6) is 11.5 Å². The first kappa shape index (κ1) is 22.8. The number of anilines is 1. The molecule has 27 heavy (non-hydrogen) atoms. The number of rotatable bonds is 6. The van der Waals surface area contributed by atoms with Crippen LogP contribution in [0.4, 0.5) is 18.9 Å². The van der Waals surface area contributed by atoms with E-state index in [-0.39, 0.29) is 42.2 Å². The third kappa shape index (κ3) is 7.91. The summed E-state index contributed by atoms with van der Waals surface area (Å²) in [4.78, 5) is 4.01. The summed E-state index contributed by atoms with van der Waals surface area (Å²) < 4.78 is 45.1. The van der Waals surface area contributed by atoms with Gasteiger partial charge in [-0.3, -0.25) is 4.99 Å². The molecule has 1 atom stereocenters. The van der Waals surface area contributed by atoms with Gasteiger partial charge in [-0.25, -0.2) is 0 Å². The van der Waals surface area contributed by atoms with E-state index in [1.807, 2.05) is 0 Å². The van der Waals surface area contributed by atoms with Gasteiger partial charge < -0.3 is 25.6 Å². The highest BCUT2D eigenvalue weighted by Crippen LogP contribution is 2.24. The maximum atomic E-state index is 12.1. The molecule has 2 aromatic carbocycles. The summed E-state index contributed by atoms with van der Waals surface area (Å²) >= 11 is 0. The fourth-order valence-corrected chi connectivity index (χ4v) is 2.04. The number of halogens is 4. The first-order chi connectivity index (χ1) is 12.3. The maximum Gasteiger partial charge on any atom is 0.573 e. The highest BCUT2D eigenvalue weighted by atomic mass is 127. The van der Waals surface area contributed by atoms with Gasteiger partial charge in [-0.2, -0.15) is 0 Å². The normalized spacial score (nSPS) is 12.7. The molecule has 10 heteroatoms. The Labute approximate surface area is 171 Å². The standard InChI is InChI=1S/C17H18F3N3O3.HI/c1-25-13-6-2-11(3-7-13)15(24)10-22-16(21)23-12-4-8-14(9-5-12)26-17(18,19)20;/h2-9,15,24H,10H2,1H3,(H3,21,22,23);1H. The fraction of sp³-hybridized carbons (Fsp3) is 0.235. The summed E-state index contributed by atoms with van der Waals surface area (Å²) in [5.41, 5.74) is 6.79. The van der Waals surface area contributed by atoms with Crippen molar-refractivity contribution < 1.29 is 27.8 Å². The zero-order chi connectivity index (χ0) is 19.2. The first-order valence-electron chi connectivity index (χ1n) is 7.51. The van der Waals surface area contributed by atoms with E-state index in [0.717, 1.165) is 12.1 Å². The Hall–Kier alpha value is -2.21. The zero-order valence-corrected chi connectivity index (χ0v) is 16.6. The number of nitrogens with zero attached hydrogens (tertiary/aromatic N) is 1. The molecular formula is C17H19F3IN3O3. The highest BCUT2D eigenvalue weighted by Gasteiger charge is 2.30. The van der Waals surface area contributed by atoms with Crippen molar-refractivity contribution in [2.24, 2.45) is 10.7 Å². The van der Waals surface area contributed by atoms with E-state index in [1.165, 1.54) is 12.1 Å². The van der Waals surface area contributed by atoms with Crippen LogP contribution in [0.25, 0.3) is 0 Å². The van der Waals surface area contributed by atoms with Crippen molar-refractivity contribution in [2.75, 3.05) is 19.0 Å². The van der Waals surface area contributed by atoms with Gasteiger partial charge in [-0.1, -0.05) is 12.1 Å². The van der Waals surface area contributed by atoms with Gasteiger partial charge >= 0.3 is 6.36 Å².